The Balaban J connectivity index is 1.50. The van der Waals surface area contributed by atoms with Crippen LogP contribution in [-0.4, -0.2) is 24.1 Å². The predicted octanol–water partition coefficient (Wildman–Crippen LogP) is 4.35. The number of para-hydroxylation sites is 2. The van der Waals surface area contributed by atoms with Crippen molar-refractivity contribution in [2.24, 2.45) is 0 Å². The molecule has 0 radical (unpaired) electrons. The summed E-state index contributed by atoms with van der Waals surface area (Å²) in [5, 5.41) is 2.99. The molecule has 1 aliphatic heterocycles. The number of rotatable bonds is 5. The van der Waals surface area contributed by atoms with Gasteiger partial charge < -0.3 is 10.2 Å². The van der Waals surface area contributed by atoms with Crippen LogP contribution in [0.2, 0.25) is 0 Å². The van der Waals surface area contributed by atoms with E-state index < -0.39 is 0 Å². The molecule has 1 heterocycles. The summed E-state index contributed by atoms with van der Waals surface area (Å²) in [5.41, 5.74) is 3.81. The van der Waals surface area contributed by atoms with Gasteiger partial charge in [0.1, 0.15) is 6.54 Å². The van der Waals surface area contributed by atoms with Crippen LogP contribution in [0.3, 0.4) is 0 Å². The number of carbonyl (C=O) groups is 2. The highest BCUT2D eigenvalue weighted by molar-refractivity contribution is 8.00. The first-order valence-corrected chi connectivity index (χ1v) is 10.1. The van der Waals surface area contributed by atoms with Crippen molar-refractivity contribution >= 4 is 35.0 Å². The molecule has 0 unspecified atom stereocenters. The molecule has 1 aliphatic rings. The number of anilines is 2. The minimum Gasteiger partial charge on any atom is -0.324 e. The fourth-order valence-corrected chi connectivity index (χ4v) is 4.21. The molecule has 0 spiro atoms. The standard InChI is InChI=1S/C23H20N2O2S/c26-22(15-25-20-12-6-7-13-21(20)28-16-23(25)27)24-19-11-5-4-10-18(19)14-17-8-2-1-3-9-17/h1-13H,14-16H2,(H,24,26). The van der Waals surface area contributed by atoms with Gasteiger partial charge in [-0.1, -0.05) is 60.7 Å². The van der Waals surface area contributed by atoms with Crippen LogP contribution < -0.4 is 10.2 Å². The molecule has 0 saturated carbocycles. The summed E-state index contributed by atoms with van der Waals surface area (Å²) in [6.07, 6.45) is 0.736. The second kappa shape index (κ2) is 8.31. The summed E-state index contributed by atoms with van der Waals surface area (Å²) in [6.45, 7) is 0.01000. The number of amides is 2. The van der Waals surface area contributed by atoms with Gasteiger partial charge in [-0.15, -0.1) is 11.8 Å². The van der Waals surface area contributed by atoms with Crippen molar-refractivity contribution in [3.8, 4) is 0 Å². The zero-order valence-corrected chi connectivity index (χ0v) is 16.1. The first kappa shape index (κ1) is 18.3. The van der Waals surface area contributed by atoms with Gasteiger partial charge in [-0.25, -0.2) is 0 Å². The van der Waals surface area contributed by atoms with Crippen LogP contribution in [0.15, 0.2) is 83.8 Å². The Hall–Kier alpha value is -3.05. The first-order valence-electron chi connectivity index (χ1n) is 9.14. The highest BCUT2D eigenvalue weighted by Crippen LogP contribution is 2.34. The summed E-state index contributed by atoms with van der Waals surface area (Å²) in [7, 11) is 0. The van der Waals surface area contributed by atoms with Gasteiger partial charge in [0, 0.05) is 10.6 Å². The quantitative estimate of drug-likeness (QED) is 0.707. The van der Waals surface area contributed by atoms with Gasteiger partial charge >= 0.3 is 0 Å². The van der Waals surface area contributed by atoms with Crippen molar-refractivity contribution in [2.75, 3.05) is 22.5 Å². The number of nitrogens with zero attached hydrogens (tertiary/aromatic N) is 1. The van der Waals surface area contributed by atoms with Crippen molar-refractivity contribution in [2.45, 2.75) is 11.3 Å². The second-order valence-electron chi connectivity index (χ2n) is 6.60. The third kappa shape index (κ3) is 4.10. The normalized spacial score (nSPS) is 13.1. The van der Waals surface area contributed by atoms with Gasteiger partial charge in [0.05, 0.1) is 11.4 Å². The van der Waals surface area contributed by atoms with Crippen LogP contribution in [0, 0.1) is 0 Å². The molecule has 4 nitrogen and oxygen atoms in total. The average Bonchev–Trinajstić information content (AvgIpc) is 2.72. The molecule has 0 atom stereocenters. The van der Waals surface area contributed by atoms with Gasteiger partial charge in [-0.05, 0) is 35.7 Å². The van der Waals surface area contributed by atoms with Crippen molar-refractivity contribution in [3.05, 3.63) is 90.0 Å². The predicted molar refractivity (Wildman–Crippen MR) is 114 cm³/mol. The molecule has 0 aliphatic carbocycles. The van der Waals surface area contributed by atoms with E-state index in [0.29, 0.717) is 5.75 Å². The topological polar surface area (TPSA) is 49.4 Å². The van der Waals surface area contributed by atoms with Crippen LogP contribution in [0.4, 0.5) is 11.4 Å². The molecule has 5 heteroatoms. The maximum absolute atomic E-state index is 12.7. The summed E-state index contributed by atoms with van der Waals surface area (Å²) in [6, 6.07) is 25.6. The van der Waals surface area contributed by atoms with E-state index in [9.17, 15) is 9.59 Å². The Kier molecular flexibility index (Phi) is 5.44. The lowest BCUT2D eigenvalue weighted by Gasteiger charge is -2.28. The zero-order valence-electron chi connectivity index (χ0n) is 15.3. The Morgan fingerprint density at radius 1 is 0.929 bits per heavy atom. The largest absolute Gasteiger partial charge is 0.324 e. The lowest BCUT2D eigenvalue weighted by Crippen LogP contribution is -2.41. The number of carbonyl (C=O) groups excluding carboxylic acids is 2. The van der Waals surface area contributed by atoms with Crippen LogP contribution in [0.25, 0.3) is 0 Å². The first-order chi connectivity index (χ1) is 13.7. The lowest BCUT2D eigenvalue weighted by molar-refractivity contribution is -0.120. The van der Waals surface area contributed by atoms with E-state index >= 15 is 0 Å². The van der Waals surface area contributed by atoms with Crippen LogP contribution in [0.5, 0.6) is 0 Å². The minimum atomic E-state index is -0.199. The monoisotopic (exact) mass is 388 g/mol. The number of fused-ring (bicyclic) bond motifs is 1. The van der Waals surface area contributed by atoms with Crippen LogP contribution in [-0.2, 0) is 16.0 Å². The molecular weight excluding hydrogens is 368 g/mol. The Morgan fingerprint density at radius 2 is 1.64 bits per heavy atom. The van der Waals surface area contributed by atoms with Crippen molar-refractivity contribution in [3.63, 3.8) is 0 Å². The van der Waals surface area contributed by atoms with Gasteiger partial charge in [-0.3, -0.25) is 9.59 Å². The maximum Gasteiger partial charge on any atom is 0.244 e. The van der Waals surface area contributed by atoms with Crippen molar-refractivity contribution in [1.29, 1.82) is 0 Å². The number of thioether (sulfide) groups is 1. The second-order valence-corrected chi connectivity index (χ2v) is 7.62. The molecule has 0 fully saturated rings. The number of benzene rings is 3. The molecule has 3 aromatic carbocycles. The average molecular weight is 388 g/mol. The summed E-state index contributed by atoms with van der Waals surface area (Å²) in [4.78, 5) is 27.7. The third-order valence-electron chi connectivity index (χ3n) is 4.64. The van der Waals surface area contributed by atoms with Gasteiger partial charge in [0.25, 0.3) is 0 Å². The van der Waals surface area contributed by atoms with E-state index in [4.69, 9.17) is 0 Å². The third-order valence-corrected chi connectivity index (χ3v) is 5.69. The van der Waals surface area contributed by atoms with Crippen LogP contribution >= 0.6 is 11.8 Å². The summed E-state index contributed by atoms with van der Waals surface area (Å²) in [5.74, 6) is 0.113. The molecular formula is C23H20N2O2S. The van der Waals surface area contributed by atoms with Crippen LogP contribution in [0.1, 0.15) is 11.1 Å². The SMILES string of the molecule is O=C(CN1C(=O)CSc2ccccc21)Nc1ccccc1Cc1ccccc1. The maximum atomic E-state index is 12.7. The molecule has 140 valence electrons. The Bertz CT molecular complexity index is 1000. The van der Waals surface area contributed by atoms with E-state index in [2.05, 4.69) is 17.4 Å². The van der Waals surface area contributed by atoms with Crippen molar-refractivity contribution in [1.82, 2.24) is 0 Å². The fraction of sp³-hybridized carbons (Fsp3) is 0.130. The van der Waals surface area contributed by atoms with E-state index in [-0.39, 0.29) is 18.4 Å². The van der Waals surface area contributed by atoms with Gasteiger partial charge in [0.15, 0.2) is 0 Å². The molecule has 28 heavy (non-hydrogen) atoms. The molecule has 0 aromatic heterocycles. The highest BCUT2D eigenvalue weighted by Gasteiger charge is 2.26. The van der Waals surface area contributed by atoms with E-state index in [0.717, 1.165) is 28.3 Å². The summed E-state index contributed by atoms with van der Waals surface area (Å²) >= 11 is 1.51. The van der Waals surface area contributed by atoms with Gasteiger partial charge in [-0.2, -0.15) is 0 Å². The smallest absolute Gasteiger partial charge is 0.244 e. The number of nitrogens with one attached hydrogen (secondary N) is 1. The molecule has 4 rings (SSSR count). The van der Waals surface area contributed by atoms with E-state index in [1.807, 2.05) is 66.7 Å². The molecule has 2 amide bonds. The Labute approximate surface area is 168 Å². The van der Waals surface area contributed by atoms with Gasteiger partial charge in [0.2, 0.25) is 11.8 Å². The van der Waals surface area contributed by atoms with E-state index in [1.54, 1.807) is 4.90 Å². The lowest BCUT2D eigenvalue weighted by atomic mass is 10.0. The molecule has 3 aromatic rings. The molecule has 0 bridgehead atoms. The fourth-order valence-electron chi connectivity index (χ4n) is 3.27. The summed E-state index contributed by atoms with van der Waals surface area (Å²) < 4.78 is 0. The Morgan fingerprint density at radius 3 is 2.50 bits per heavy atom. The number of hydrogen-bond donors (Lipinski definition) is 1. The zero-order chi connectivity index (χ0) is 19.3. The number of hydrogen-bond acceptors (Lipinski definition) is 3. The molecule has 0 saturated heterocycles. The highest BCUT2D eigenvalue weighted by atomic mass is 32.2. The van der Waals surface area contributed by atoms with E-state index in [1.165, 1.54) is 17.3 Å². The van der Waals surface area contributed by atoms with Crippen molar-refractivity contribution < 1.29 is 9.59 Å². The molecule has 1 N–H and O–H groups in total. The minimum absolute atomic E-state index is 0.01000.